The molecule has 0 heterocycles. The van der Waals surface area contributed by atoms with Crippen molar-refractivity contribution in [1.29, 1.82) is 0 Å². The first-order chi connectivity index (χ1) is 8.23. The van der Waals surface area contributed by atoms with Gasteiger partial charge in [-0.25, -0.2) is 4.79 Å². The molecule has 1 aromatic carbocycles. The highest BCUT2D eigenvalue weighted by Gasteiger charge is 2.59. The number of nitrogens with two attached hydrogens (primary N) is 1. The van der Waals surface area contributed by atoms with Gasteiger partial charge in [0.2, 0.25) is 5.54 Å². The van der Waals surface area contributed by atoms with Crippen LogP contribution in [0.5, 0.6) is 0 Å². The number of halogens is 3. The van der Waals surface area contributed by atoms with Gasteiger partial charge in [-0.1, -0.05) is 37.6 Å². The largest absolute Gasteiger partial charge is 0.479 e. The van der Waals surface area contributed by atoms with E-state index in [0.29, 0.717) is 12.0 Å². The van der Waals surface area contributed by atoms with E-state index in [9.17, 15) is 18.0 Å². The van der Waals surface area contributed by atoms with E-state index in [-0.39, 0.29) is 0 Å². The molecule has 6 heteroatoms. The SMILES string of the molecule is CCCc1cccc(C(N)(C(=O)O)C(F)(F)F)c1. The van der Waals surface area contributed by atoms with Crippen LogP contribution in [0.4, 0.5) is 13.2 Å². The molecule has 0 aliphatic carbocycles. The van der Waals surface area contributed by atoms with Crippen LogP contribution in [0.25, 0.3) is 0 Å². The minimum absolute atomic E-state index is 0.451. The van der Waals surface area contributed by atoms with Crippen LogP contribution in [0.15, 0.2) is 24.3 Å². The molecule has 0 spiro atoms. The van der Waals surface area contributed by atoms with E-state index in [0.717, 1.165) is 12.5 Å². The number of carboxylic acids is 1. The van der Waals surface area contributed by atoms with E-state index in [1.807, 2.05) is 6.92 Å². The highest BCUT2D eigenvalue weighted by Crippen LogP contribution is 2.37. The summed E-state index contributed by atoms with van der Waals surface area (Å²) in [5.74, 6) is -2.11. The molecule has 0 saturated carbocycles. The molecule has 1 rings (SSSR count). The van der Waals surface area contributed by atoms with Crippen molar-refractivity contribution in [2.75, 3.05) is 0 Å². The van der Waals surface area contributed by atoms with Crippen molar-refractivity contribution in [2.45, 2.75) is 31.5 Å². The average molecular weight is 261 g/mol. The van der Waals surface area contributed by atoms with Gasteiger partial charge in [0.25, 0.3) is 0 Å². The van der Waals surface area contributed by atoms with Crippen LogP contribution in [-0.2, 0) is 16.8 Å². The van der Waals surface area contributed by atoms with Gasteiger partial charge in [-0.2, -0.15) is 13.2 Å². The molecule has 3 nitrogen and oxygen atoms in total. The van der Waals surface area contributed by atoms with Gasteiger partial charge in [-0.15, -0.1) is 0 Å². The Morgan fingerprint density at radius 2 is 2.00 bits per heavy atom. The number of alkyl halides is 3. The van der Waals surface area contributed by atoms with Crippen molar-refractivity contribution in [3.63, 3.8) is 0 Å². The molecule has 0 amide bonds. The van der Waals surface area contributed by atoms with Crippen molar-refractivity contribution in [1.82, 2.24) is 0 Å². The molecular weight excluding hydrogens is 247 g/mol. The highest BCUT2D eigenvalue weighted by atomic mass is 19.4. The first-order valence-corrected chi connectivity index (χ1v) is 5.42. The Labute approximate surface area is 102 Å². The second-order valence-electron chi connectivity index (χ2n) is 4.06. The highest BCUT2D eigenvalue weighted by molar-refractivity contribution is 5.81. The maximum absolute atomic E-state index is 12.9. The van der Waals surface area contributed by atoms with Crippen molar-refractivity contribution < 1.29 is 23.1 Å². The van der Waals surface area contributed by atoms with Gasteiger partial charge in [0.1, 0.15) is 0 Å². The lowest BCUT2D eigenvalue weighted by molar-refractivity contribution is -0.204. The summed E-state index contributed by atoms with van der Waals surface area (Å²) >= 11 is 0. The molecule has 1 aromatic rings. The van der Waals surface area contributed by atoms with Gasteiger partial charge in [0, 0.05) is 0 Å². The quantitative estimate of drug-likeness (QED) is 0.875. The molecule has 3 N–H and O–H groups in total. The predicted octanol–water partition coefficient (Wildman–Crippen LogP) is 2.44. The Balaban J connectivity index is 3.31. The first kappa shape index (κ1) is 14.5. The van der Waals surface area contributed by atoms with E-state index < -0.39 is 23.2 Å². The van der Waals surface area contributed by atoms with E-state index in [1.54, 1.807) is 6.07 Å². The first-order valence-electron chi connectivity index (χ1n) is 5.42. The second kappa shape index (κ2) is 4.97. The molecule has 18 heavy (non-hydrogen) atoms. The number of carbonyl (C=O) groups is 1. The van der Waals surface area contributed by atoms with Crippen LogP contribution in [0.1, 0.15) is 24.5 Å². The predicted molar refractivity (Wildman–Crippen MR) is 60.0 cm³/mol. The smallest absolute Gasteiger partial charge is 0.421 e. The van der Waals surface area contributed by atoms with Gasteiger partial charge >= 0.3 is 12.1 Å². The number of rotatable bonds is 4. The summed E-state index contributed by atoms with van der Waals surface area (Å²) in [6, 6.07) is 5.31. The third-order valence-electron chi connectivity index (χ3n) is 2.71. The van der Waals surface area contributed by atoms with E-state index in [4.69, 9.17) is 10.8 Å². The fourth-order valence-corrected chi connectivity index (χ4v) is 1.67. The number of aliphatic carboxylic acids is 1. The molecular formula is C12H14F3NO2. The molecule has 0 aliphatic heterocycles. The summed E-state index contributed by atoms with van der Waals surface area (Å²) in [5.41, 5.74) is 1.90. The van der Waals surface area contributed by atoms with Crippen LogP contribution >= 0.6 is 0 Å². The van der Waals surface area contributed by atoms with Gasteiger partial charge < -0.3 is 10.8 Å². The van der Waals surface area contributed by atoms with Crippen molar-refractivity contribution in [2.24, 2.45) is 5.73 Å². The third-order valence-corrected chi connectivity index (χ3v) is 2.71. The lowest BCUT2D eigenvalue weighted by Gasteiger charge is -2.28. The fraction of sp³-hybridized carbons (Fsp3) is 0.417. The zero-order chi connectivity index (χ0) is 14.0. The van der Waals surface area contributed by atoms with E-state index in [1.165, 1.54) is 12.1 Å². The molecule has 0 aromatic heterocycles. The number of benzene rings is 1. The van der Waals surface area contributed by atoms with Crippen LogP contribution in [0, 0.1) is 0 Å². The zero-order valence-corrected chi connectivity index (χ0v) is 9.79. The molecule has 1 unspecified atom stereocenters. The van der Waals surface area contributed by atoms with Crippen LogP contribution in [0.2, 0.25) is 0 Å². The van der Waals surface area contributed by atoms with Crippen molar-refractivity contribution in [3.05, 3.63) is 35.4 Å². The molecule has 0 radical (unpaired) electrons. The van der Waals surface area contributed by atoms with Crippen molar-refractivity contribution in [3.8, 4) is 0 Å². The van der Waals surface area contributed by atoms with Crippen molar-refractivity contribution >= 4 is 5.97 Å². The summed E-state index contributed by atoms with van der Waals surface area (Å²) in [5, 5.41) is 8.80. The Hall–Kier alpha value is -1.56. The van der Waals surface area contributed by atoms with Gasteiger partial charge in [-0.05, 0) is 17.5 Å². The maximum Gasteiger partial charge on any atom is 0.421 e. The monoisotopic (exact) mass is 261 g/mol. The minimum Gasteiger partial charge on any atom is -0.479 e. The number of hydrogen-bond donors (Lipinski definition) is 2. The molecule has 0 saturated heterocycles. The number of carboxylic acid groups (broad SMARTS) is 1. The summed E-state index contributed by atoms with van der Waals surface area (Å²) in [6.45, 7) is 1.88. The summed E-state index contributed by atoms with van der Waals surface area (Å²) in [7, 11) is 0. The zero-order valence-electron chi connectivity index (χ0n) is 9.79. The average Bonchev–Trinajstić information content (AvgIpc) is 2.27. The summed E-state index contributed by atoms with van der Waals surface area (Å²) in [4.78, 5) is 10.9. The molecule has 0 aliphatic rings. The van der Waals surface area contributed by atoms with Gasteiger partial charge in [-0.3, -0.25) is 0 Å². The standard InChI is InChI=1S/C12H14F3NO2/c1-2-4-8-5-3-6-9(7-8)11(16,10(17)18)12(13,14)15/h3,5-7H,2,4,16H2,1H3,(H,17,18). The Morgan fingerprint density at radius 1 is 1.39 bits per heavy atom. The topological polar surface area (TPSA) is 63.3 Å². The second-order valence-corrected chi connectivity index (χ2v) is 4.06. The maximum atomic E-state index is 12.9. The Bertz CT molecular complexity index is 445. The lowest BCUT2D eigenvalue weighted by Crippen LogP contribution is -2.56. The molecule has 1 atom stereocenters. The summed E-state index contributed by atoms with van der Waals surface area (Å²) < 4.78 is 38.6. The molecule has 0 fully saturated rings. The summed E-state index contributed by atoms with van der Waals surface area (Å²) in [6.07, 6.45) is -3.73. The van der Waals surface area contributed by atoms with Crippen LogP contribution in [-0.4, -0.2) is 17.3 Å². The number of aryl methyl sites for hydroxylation is 1. The molecule has 0 bridgehead atoms. The van der Waals surface area contributed by atoms with Crippen LogP contribution < -0.4 is 5.73 Å². The van der Waals surface area contributed by atoms with Crippen LogP contribution in [0.3, 0.4) is 0 Å². The lowest BCUT2D eigenvalue weighted by atomic mass is 9.88. The number of hydrogen-bond acceptors (Lipinski definition) is 2. The Kier molecular flexibility index (Phi) is 4.01. The minimum atomic E-state index is -5.05. The van der Waals surface area contributed by atoms with E-state index >= 15 is 0 Å². The van der Waals surface area contributed by atoms with Gasteiger partial charge in [0.05, 0.1) is 0 Å². The normalized spacial score (nSPS) is 15.2. The molecule has 100 valence electrons. The van der Waals surface area contributed by atoms with E-state index in [2.05, 4.69) is 0 Å². The fourth-order valence-electron chi connectivity index (χ4n) is 1.67. The van der Waals surface area contributed by atoms with Gasteiger partial charge in [0.15, 0.2) is 0 Å². The third kappa shape index (κ3) is 2.48. The Morgan fingerprint density at radius 3 is 2.44 bits per heavy atom.